The van der Waals surface area contributed by atoms with Crippen molar-refractivity contribution in [3.63, 3.8) is 0 Å². The fourth-order valence-electron chi connectivity index (χ4n) is 0.911. The zero-order valence-electron chi connectivity index (χ0n) is 7.82. The smallest absolute Gasteiger partial charge is 0.170 e. The summed E-state index contributed by atoms with van der Waals surface area (Å²) >= 11 is 16.9. The second-order valence-electron chi connectivity index (χ2n) is 2.77. The molecule has 0 unspecified atom stereocenters. The molecule has 0 aliphatic carbocycles. The largest absolute Gasteiger partial charge is 0.366 e. The second-order valence-corrected chi connectivity index (χ2v) is 3.99. The Labute approximate surface area is 98.6 Å². The molecule has 1 rings (SSSR count). The number of rotatable bonds is 1. The fraction of sp³-hybridized carbons (Fsp3) is 0.222. The molecule has 0 saturated carbocycles. The van der Waals surface area contributed by atoms with Gasteiger partial charge in [-0.25, -0.2) is 0 Å². The van der Waals surface area contributed by atoms with E-state index in [1.807, 2.05) is 6.92 Å². The molecule has 2 nitrogen and oxygen atoms in total. The average Bonchev–Trinajstić information content (AvgIpc) is 2.14. The first kappa shape index (κ1) is 11.6. The van der Waals surface area contributed by atoms with Crippen LogP contribution in [0, 0.1) is 6.92 Å². The van der Waals surface area contributed by atoms with Crippen LogP contribution in [0.1, 0.15) is 5.56 Å². The molecule has 1 aromatic carbocycles. The molecule has 0 radical (unpaired) electrons. The third-order valence-electron chi connectivity index (χ3n) is 1.77. The van der Waals surface area contributed by atoms with Gasteiger partial charge in [0.25, 0.3) is 0 Å². The summed E-state index contributed by atoms with van der Waals surface area (Å²) in [6.45, 7) is 1.87. The highest BCUT2D eigenvalue weighted by atomic mass is 35.5. The van der Waals surface area contributed by atoms with Gasteiger partial charge in [-0.1, -0.05) is 23.2 Å². The summed E-state index contributed by atoms with van der Waals surface area (Å²) in [5.41, 5.74) is 1.65. The summed E-state index contributed by atoms with van der Waals surface area (Å²) in [4.78, 5) is 0. The van der Waals surface area contributed by atoms with E-state index in [1.165, 1.54) is 0 Å². The molecule has 0 aliphatic rings. The zero-order valence-corrected chi connectivity index (χ0v) is 10.1. The van der Waals surface area contributed by atoms with Gasteiger partial charge in [-0.2, -0.15) is 0 Å². The van der Waals surface area contributed by atoms with Crippen LogP contribution >= 0.6 is 35.4 Å². The highest BCUT2D eigenvalue weighted by molar-refractivity contribution is 7.80. The molecule has 0 spiro atoms. The summed E-state index contributed by atoms with van der Waals surface area (Å²) in [5, 5.41) is 7.53. The Morgan fingerprint density at radius 3 is 2.21 bits per heavy atom. The quantitative estimate of drug-likeness (QED) is 0.747. The third kappa shape index (κ3) is 2.74. The molecular formula is C9H10Cl2N2S. The lowest BCUT2D eigenvalue weighted by molar-refractivity contribution is 1.20. The van der Waals surface area contributed by atoms with E-state index in [0.717, 1.165) is 11.3 Å². The lowest BCUT2D eigenvalue weighted by Crippen LogP contribution is -2.24. The fourth-order valence-corrected chi connectivity index (χ4v) is 1.52. The first-order valence-electron chi connectivity index (χ1n) is 3.99. The van der Waals surface area contributed by atoms with Gasteiger partial charge < -0.3 is 10.6 Å². The maximum absolute atomic E-state index is 5.96. The maximum Gasteiger partial charge on any atom is 0.170 e. The molecule has 0 aromatic heterocycles. The summed E-state index contributed by atoms with van der Waals surface area (Å²) in [6, 6.07) is 3.57. The molecule has 2 N–H and O–H groups in total. The highest BCUT2D eigenvalue weighted by Crippen LogP contribution is 2.27. The number of anilines is 1. The number of hydrogen-bond acceptors (Lipinski definition) is 1. The van der Waals surface area contributed by atoms with Crippen molar-refractivity contribution in [3.05, 3.63) is 27.7 Å². The molecule has 0 amide bonds. The Morgan fingerprint density at radius 1 is 1.29 bits per heavy atom. The molecule has 76 valence electrons. The van der Waals surface area contributed by atoms with Gasteiger partial charge in [0.1, 0.15) is 0 Å². The number of benzene rings is 1. The molecule has 0 atom stereocenters. The van der Waals surface area contributed by atoms with Crippen LogP contribution in [0.3, 0.4) is 0 Å². The van der Waals surface area contributed by atoms with E-state index in [2.05, 4.69) is 10.6 Å². The molecule has 0 heterocycles. The van der Waals surface area contributed by atoms with E-state index in [0.29, 0.717) is 15.2 Å². The Hall–Kier alpha value is -0.510. The van der Waals surface area contributed by atoms with Gasteiger partial charge >= 0.3 is 0 Å². The van der Waals surface area contributed by atoms with E-state index in [4.69, 9.17) is 35.4 Å². The minimum Gasteiger partial charge on any atom is -0.366 e. The topological polar surface area (TPSA) is 24.1 Å². The van der Waals surface area contributed by atoms with E-state index >= 15 is 0 Å². The van der Waals surface area contributed by atoms with Crippen molar-refractivity contribution in [3.8, 4) is 0 Å². The van der Waals surface area contributed by atoms with Crippen LogP contribution in [0.25, 0.3) is 0 Å². The predicted molar refractivity (Wildman–Crippen MR) is 66.5 cm³/mol. The molecule has 0 saturated heterocycles. The lowest BCUT2D eigenvalue weighted by atomic mass is 10.2. The van der Waals surface area contributed by atoms with Crippen LogP contribution in [0.5, 0.6) is 0 Å². The Balaban J connectivity index is 2.95. The summed E-state index contributed by atoms with van der Waals surface area (Å²) < 4.78 is 0. The molecule has 1 aromatic rings. The third-order valence-corrected chi connectivity index (χ3v) is 2.86. The number of hydrogen-bond donors (Lipinski definition) is 2. The first-order valence-corrected chi connectivity index (χ1v) is 5.15. The van der Waals surface area contributed by atoms with Gasteiger partial charge in [-0.15, -0.1) is 0 Å². The van der Waals surface area contributed by atoms with E-state index in [1.54, 1.807) is 19.2 Å². The van der Waals surface area contributed by atoms with E-state index < -0.39 is 0 Å². The number of halogens is 2. The second kappa shape index (κ2) is 4.82. The van der Waals surface area contributed by atoms with Crippen molar-refractivity contribution in [2.75, 3.05) is 12.4 Å². The minimum absolute atomic E-state index is 0.529. The van der Waals surface area contributed by atoms with Crippen LogP contribution in [-0.4, -0.2) is 12.2 Å². The van der Waals surface area contributed by atoms with Crippen LogP contribution in [0.4, 0.5) is 5.69 Å². The number of thiocarbonyl (C=S) groups is 1. The summed E-state index contributed by atoms with van der Waals surface area (Å²) in [5.74, 6) is 0. The molecular weight excluding hydrogens is 239 g/mol. The zero-order chi connectivity index (χ0) is 10.7. The van der Waals surface area contributed by atoms with E-state index in [-0.39, 0.29) is 0 Å². The molecule has 0 bridgehead atoms. The monoisotopic (exact) mass is 248 g/mol. The van der Waals surface area contributed by atoms with Crippen molar-refractivity contribution in [1.82, 2.24) is 5.32 Å². The van der Waals surface area contributed by atoms with Gasteiger partial charge in [-0.05, 0) is 36.8 Å². The van der Waals surface area contributed by atoms with Gasteiger partial charge in [0.15, 0.2) is 5.11 Å². The van der Waals surface area contributed by atoms with Crippen molar-refractivity contribution >= 4 is 46.2 Å². The maximum atomic E-state index is 5.96. The summed E-state index contributed by atoms with van der Waals surface area (Å²) in [6.07, 6.45) is 0. The van der Waals surface area contributed by atoms with Crippen LogP contribution in [-0.2, 0) is 0 Å². The minimum atomic E-state index is 0.529. The standard InChI is InChI=1S/C9H10Cl2N2S/c1-5-7(10)3-6(4-8(5)11)13-9(14)12-2/h3-4H,1-2H3,(H2,12,13,14). The summed E-state index contributed by atoms with van der Waals surface area (Å²) in [7, 11) is 1.74. The van der Waals surface area contributed by atoms with Crippen molar-refractivity contribution in [2.24, 2.45) is 0 Å². The number of nitrogens with one attached hydrogen (secondary N) is 2. The SMILES string of the molecule is CNC(=S)Nc1cc(Cl)c(C)c(Cl)c1. The molecule has 14 heavy (non-hydrogen) atoms. The molecule has 0 aliphatic heterocycles. The van der Waals surface area contributed by atoms with Gasteiger partial charge in [-0.3, -0.25) is 0 Å². The predicted octanol–water partition coefficient (Wildman–Crippen LogP) is 3.22. The molecule has 5 heteroatoms. The lowest BCUT2D eigenvalue weighted by Gasteiger charge is -2.09. The Kier molecular flexibility index (Phi) is 3.98. The van der Waals surface area contributed by atoms with Crippen LogP contribution < -0.4 is 10.6 Å². The van der Waals surface area contributed by atoms with Crippen molar-refractivity contribution in [1.29, 1.82) is 0 Å². The van der Waals surface area contributed by atoms with Crippen molar-refractivity contribution in [2.45, 2.75) is 6.92 Å². The van der Waals surface area contributed by atoms with E-state index in [9.17, 15) is 0 Å². The van der Waals surface area contributed by atoms with Gasteiger partial charge in [0.2, 0.25) is 0 Å². The first-order chi connectivity index (χ1) is 6.54. The molecule has 0 fully saturated rings. The van der Waals surface area contributed by atoms with Crippen LogP contribution in [0.15, 0.2) is 12.1 Å². The normalized spacial score (nSPS) is 9.71. The average molecular weight is 249 g/mol. The Morgan fingerprint density at radius 2 is 1.79 bits per heavy atom. The van der Waals surface area contributed by atoms with Crippen LogP contribution in [0.2, 0.25) is 10.0 Å². The highest BCUT2D eigenvalue weighted by Gasteiger charge is 2.04. The van der Waals surface area contributed by atoms with Gasteiger partial charge in [0, 0.05) is 22.8 Å². The van der Waals surface area contributed by atoms with Crippen molar-refractivity contribution < 1.29 is 0 Å². The van der Waals surface area contributed by atoms with Gasteiger partial charge in [0.05, 0.1) is 0 Å². The Bertz CT molecular complexity index is 343.